The summed E-state index contributed by atoms with van der Waals surface area (Å²) in [4.78, 5) is 24.6. The molecule has 0 atom stereocenters. The first-order valence-electron chi connectivity index (χ1n) is 11.4. The molecule has 0 saturated heterocycles. The maximum absolute atomic E-state index is 12.6. The van der Waals surface area contributed by atoms with Crippen LogP contribution in [-0.4, -0.2) is 46.0 Å². The van der Waals surface area contributed by atoms with Gasteiger partial charge in [0.1, 0.15) is 11.5 Å². The average Bonchev–Trinajstić information content (AvgIpc) is 2.92. The fraction of sp³-hybridized carbons (Fsp3) is 0.222. The van der Waals surface area contributed by atoms with E-state index in [1.54, 1.807) is 42.5 Å². The summed E-state index contributed by atoms with van der Waals surface area (Å²) in [5.41, 5.74) is 3.38. The molecule has 0 saturated carbocycles. The van der Waals surface area contributed by atoms with Crippen molar-refractivity contribution in [2.45, 2.75) is 12.8 Å². The number of carbonyl (C=O) groups excluding carboxylic acids is 2. The third-order valence-corrected chi connectivity index (χ3v) is 5.62. The summed E-state index contributed by atoms with van der Waals surface area (Å²) >= 11 is 11.9. The van der Waals surface area contributed by atoms with E-state index < -0.39 is 5.97 Å². The van der Waals surface area contributed by atoms with Crippen molar-refractivity contribution in [3.63, 3.8) is 0 Å². The van der Waals surface area contributed by atoms with Crippen LogP contribution in [0.15, 0.2) is 59.7 Å². The normalized spacial score (nSPS) is 10.7. The summed E-state index contributed by atoms with van der Waals surface area (Å²) in [7, 11) is 4.40. The molecule has 0 fully saturated rings. The minimum atomic E-state index is -0.597. The summed E-state index contributed by atoms with van der Waals surface area (Å²) in [6, 6.07) is 14.6. The number of hydrazone groups is 1. The first-order chi connectivity index (χ1) is 18.3. The fourth-order valence-corrected chi connectivity index (χ4v) is 3.69. The highest BCUT2D eigenvalue weighted by Gasteiger charge is 2.18. The number of hydrogen-bond acceptors (Lipinski definition) is 8. The first-order valence-corrected chi connectivity index (χ1v) is 12.1. The van der Waals surface area contributed by atoms with E-state index in [2.05, 4.69) is 10.5 Å². The Kier molecular flexibility index (Phi) is 10.6. The second kappa shape index (κ2) is 14.1. The van der Waals surface area contributed by atoms with Crippen molar-refractivity contribution in [3.8, 4) is 28.7 Å². The molecule has 0 aliphatic carbocycles. The van der Waals surface area contributed by atoms with Gasteiger partial charge < -0.3 is 23.7 Å². The number of ether oxygens (including phenoxy) is 5. The molecule has 9 nitrogen and oxygen atoms in total. The van der Waals surface area contributed by atoms with Crippen LogP contribution in [0.2, 0.25) is 10.0 Å². The van der Waals surface area contributed by atoms with Crippen molar-refractivity contribution in [2.24, 2.45) is 5.10 Å². The van der Waals surface area contributed by atoms with Gasteiger partial charge in [0, 0.05) is 11.4 Å². The zero-order valence-electron chi connectivity index (χ0n) is 21.0. The maximum Gasteiger partial charge on any atom is 0.343 e. The molecule has 0 unspecified atom stereocenters. The molecule has 3 aromatic carbocycles. The van der Waals surface area contributed by atoms with Gasteiger partial charge >= 0.3 is 5.97 Å². The molecule has 38 heavy (non-hydrogen) atoms. The van der Waals surface area contributed by atoms with Crippen molar-refractivity contribution in [1.29, 1.82) is 0 Å². The number of nitrogens with one attached hydrogen (secondary N) is 1. The second-order valence-electron chi connectivity index (χ2n) is 7.69. The predicted octanol–water partition coefficient (Wildman–Crippen LogP) is 5.55. The average molecular weight is 561 g/mol. The van der Waals surface area contributed by atoms with Crippen molar-refractivity contribution in [2.75, 3.05) is 27.9 Å². The van der Waals surface area contributed by atoms with Gasteiger partial charge in [-0.25, -0.2) is 10.2 Å². The molecule has 200 valence electrons. The van der Waals surface area contributed by atoms with Gasteiger partial charge in [-0.1, -0.05) is 23.2 Å². The van der Waals surface area contributed by atoms with E-state index >= 15 is 0 Å². The van der Waals surface area contributed by atoms with Gasteiger partial charge in [-0.05, 0) is 66.6 Å². The number of halogens is 2. The van der Waals surface area contributed by atoms with E-state index in [1.165, 1.54) is 39.7 Å². The number of rotatable bonds is 12. The zero-order chi connectivity index (χ0) is 27.5. The minimum absolute atomic E-state index is 0.221. The van der Waals surface area contributed by atoms with Gasteiger partial charge in [0.15, 0.2) is 11.5 Å². The number of nitrogens with zero attached hydrogens (tertiary/aromatic N) is 1. The summed E-state index contributed by atoms with van der Waals surface area (Å²) in [5.74, 6) is 1.02. The van der Waals surface area contributed by atoms with Crippen LogP contribution in [0.4, 0.5) is 0 Å². The number of methoxy groups -OCH3 is 3. The van der Waals surface area contributed by atoms with Gasteiger partial charge in [-0.2, -0.15) is 5.10 Å². The molecule has 0 aliphatic rings. The van der Waals surface area contributed by atoms with E-state index in [-0.39, 0.29) is 17.9 Å². The lowest BCUT2D eigenvalue weighted by Gasteiger charge is -2.13. The van der Waals surface area contributed by atoms with Crippen LogP contribution >= 0.6 is 23.2 Å². The van der Waals surface area contributed by atoms with Crippen LogP contribution in [0.5, 0.6) is 28.7 Å². The van der Waals surface area contributed by atoms with E-state index in [0.717, 1.165) is 0 Å². The highest BCUT2D eigenvalue weighted by atomic mass is 35.5. The van der Waals surface area contributed by atoms with Crippen molar-refractivity contribution >= 4 is 41.3 Å². The molecule has 1 N–H and O–H groups in total. The molecular weight excluding hydrogens is 535 g/mol. The van der Waals surface area contributed by atoms with Crippen LogP contribution in [-0.2, 0) is 4.79 Å². The lowest BCUT2D eigenvalue weighted by atomic mass is 10.2. The molecule has 0 heterocycles. The smallest absolute Gasteiger partial charge is 0.343 e. The van der Waals surface area contributed by atoms with Gasteiger partial charge in [0.25, 0.3) is 0 Å². The van der Waals surface area contributed by atoms with Gasteiger partial charge in [0.2, 0.25) is 11.7 Å². The van der Waals surface area contributed by atoms with Gasteiger partial charge in [0.05, 0.1) is 44.7 Å². The lowest BCUT2D eigenvalue weighted by molar-refractivity contribution is -0.121. The largest absolute Gasteiger partial charge is 0.493 e. The van der Waals surface area contributed by atoms with Crippen LogP contribution in [0.3, 0.4) is 0 Å². The van der Waals surface area contributed by atoms with Gasteiger partial charge in [-0.15, -0.1) is 0 Å². The number of esters is 1. The third kappa shape index (κ3) is 8.03. The Morgan fingerprint density at radius 3 is 2.18 bits per heavy atom. The lowest BCUT2D eigenvalue weighted by Crippen LogP contribution is -2.18. The van der Waals surface area contributed by atoms with E-state index in [1.807, 2.05) is 0 Å². The minimum Gasteiger partial charge on any atom is -0.493 e. The molecule has 3 aromatic rings. The van der Waals surface area contributed by atoms with E-state index in [9.17, 15) is 9.59 Å². The highest BCUT2D eigenvalue weighted by molar-refractivity contribution is 6.35. The number of carbonyl (C=O) groups is 2. The number of benzene rings is 3. The topological polar surface area (TPSA) is 105 Å². The zero-order valence-corrected chi connectivity index (χ0v) is 22.5. The van der Waals surface area contributed by atoms with Crippen molar-refractivity contribution < 1.29 is 33.3 Å². The second-order valence-corrected chi connectivity index (χ2v) is 8.54. The summed E-state index contributed by atoms with van der Waals surface area (Å²) in [5, 5.41) is 4.88. The molecular formula is C27H26Cl2N2O7. The Morgan fingerprint density at radius 1 is 0.895 bits per heavy atom. The third-order valence-electron chi connectivity index (χ3n) is 5.09. The van der Waals surface area contributed by atoms with E-state index in [0.29, 0.717) is 57.4 Å². The predicted molar refractivity (Wildman–Crippen MR) is 144 cm³/mol. The van der Waals surface area contributed by atoms with E-state index in [4.69, 9.17) is 46.9 Å². The van der Waals surface area contributed by atoms with Crippen LogP contribution in [0, 0.1) is 0 Å². The Balaban J connectivity index is 1.46. The molecule has 0 spiro atoms. The highest BCUT2D eigenvalue weighted by Crippen LogP contribution is 2.38. The molecule has 0 bridgehead atoms. The van der Waals surface area contributed by atoms with Crippen LogP contribution < -0.4 is 29.1 Å². The molecule has 0 aromatic heterocycles. The fourth-order valence-electron chi connectivity index (χ4n) is 3.23. The molecule has 0 aliphatic heterocycles. The van der Waals surface area contributed by atoms with Crippen molar-refractivity contribution in [1.82, 2.24) is 5.43 Å². The SMILES string of the molecule is COc1cc(C(=O)Oc2ccc(/C=N/NC(=O)CCCOc3ccc(Cl)cc3Cl)cc2)cc(OC)c1OC. The summed E-state index contributed by atoms with van der Waals surface area (Å²) < 4.78 is 26.8. The Labute approximate surface area is 230 Å². The molecule has 3 rings (SSSR count). The first kappa shape index (κ1) is 28.6. The maximum atomic E-state index is 12.6. The summed E-state index contributed by atoms with van der Waals surface area (Å²) in [6.45, 7) is 0.314. The summed E-state index contributed by atoms with van der Waals surface area (Å²) in [6.07, 6.45) is 2.18. The quantitative estimate of drug-likeness (QED) is 0.102. The monoisotopic (exact) mass is 560 g/mol. The number of hydrogen-bond donors (Lipinski definition) is 1. The molecule has 1 amide bonds. The Morgan fingerprint density at radius 2 is 1.58 bits per heavy atom. The van der Waals surface area contributed by atoms with Crippen molar-refractivity contribution in [3.05, 3.63) is 75.8 Å². The standard InChI is InChI=1S/C27H26Cl2N2O7/c1-34-23-13-18(14-24(35-2)26(23)36-3)27(33)38-20-9-6-17(7-10-20)16-30-31-25(32)5-4-12-37-22-11-8-19(28)15-21(22)29/h6-11,13-16H,4-5,12H2,1-3H3,(H,31,32)/b30-16+. The Hall–Kier alpha value is -3.95. The van der Waals surface area contributed by atoms with Crippen LogP contribution in [0.25, 0.3) is 0 Å². The van der Waals surface area contributed by atoms with Gasteiger partial charge in [-0.3, -0.25) is 4.79 Å². The molecule has 0 radical (unpaired) electrons. The molecule has 11 heteroatoms. The number of amides is 1. The Bertz CT molecular complexity index is 1270. The van der Waals surface area contributed by atoms with Crippen LogP contribution in [0.1, 0.15) is 28.8 Å².